The van der Waals surface area contributed by atoms with Gasteiger partial charge in [-0.1, -0.05) is 0 Å². The monoisotopic (exact) mass is 238 g/mol. The van der Waals surface area contributed by atoms with Gasteiger partial charge in [-0.25, -0.2) is 0 Å². The van der Waals surface area contributed by atoms with Gasteiger partial charge in [0.2, 0.25) is 0 Å². The van der Waals surface area contributed by atoms with Crippen molar-refractivity contribution in [2.45, 2.75) is 6.42 Å². The molecule has 1 N–H and O–H groups in total. The van der Waals surface area contributed by atoms with Crippen molar-refractivity contribution < 1.29 is 4.79 Å². The van der Waals surface area contributed by atoms with Gasteiger partial charge < -0.3 is 4.79 Å². The molecule has 1 aromatic heterocycles. The minimum Gasteiger partial charge on any atom is -0.303 e. The molecule has 0 spiro atoms. The molecule has 0 radical (unpaired) electrons. The van der Waals surface area contributed by atoms with Crippen molar-refractivity contribution >= 4 is 33.1 Å². The lowest BCUT2D eigenvalue weighted by atomic mass is 10.1. The second-order valence-corrected chi connectivity index (χ2v) is 3.64. The molecule has 0 fully saturated rings. The van der Waals surface area contributed by atoms with Crippen LogP contribution in [0.15, 0.2) is 22.8 Å². The van der Waals surface area contributed by atoms with Crippen LogP contribution in [0.2, 0.25) is 0 Å². The molecular formula is C9H7BrN2O. The van der Waals surface area contributed by atoms with Gasteiger partial charge in [0, 0.05) is 16.3 Å². The fourth-order valence-electron chi connectivity index (χ4n) is 1.29. The van der Waals surface area contributed by atoms with Crippen molar-refractivity contribution in [3.63, 3.8) is 0 Å². The zero-order valence-electron chi connectivity index (χ0n) is 6.75. The lowest BCUT2D eigenvalue weighted by Crippen LogP contribution is -1.85. The number of fused-ring (bicyclic) bond motifs is 1. The number of nitrogens with one attached hydrogen (secondary N) is 1. The number of aromatic nitrogens is 2. The molecule has 1 aromatic carbocycles. The van der Waals surface area contributed by atoms with Gasteiger partial charge in [-0.05, 0) is 33.6 Å². The third kappa shape index (κ3) is 1.49. The molecule has 1 heterocycles. The molecule has 0 aliphatic rings. The predicted molar refractivity (Wildman–Crippen MR) is 53.6 cm³/mol. The molecule has 0 amide bonds. The van der Waals surface area contributed by atoms with Crippen LogP contribution in [0.3, 0.4) is 0 Å². The van der Waals surface area contributed by atoms with Crippen molar-refractivity contribution in [3.8, 4) is 0 Å². The Balaban J connectivity index is 2.62. The van der Waals surface area contributed by atoms with Gasteiger partial charge in [0.05, 0.1) is 11.7 Å². The molecule has 0 unspecified atom stereocenters. The maximum Gasteiger partial charge on any atom is 0.124 e. The smallest absolute Gasteiger partial charge is 0.124 e. The predicted octanol–water partition coefficient (Wildman–Crippen LogP) is 2.07. The number of hydrogen-bond donors (Lipinski definition) is 1. The van der Waals surface area contributed by atoms with E-state index in [1.165, 1.54) is 0 Å². The summed E-state index contributed by atoms with van der Waals surface area (Å²) in [6.45, 7) is 0. The summed E-state index contributed by atoms with van der Waals surface area (Å²) >= 11 is 3.41. The summed E-state index contributed by atoms with van der Waals surface area (Å²) in [5.41, 5.74) is 1.96. The van der Waals surface area contributed by atoms with E-state index >= 15 is 0 Å². The van der Waals surface area contributed by atoms with Crippen molar-refractivity contribution in [1.82, 2.24) is 10.2 Å². The largest absolute Gasteiger partial charge is 0.303 e. The fourth-order valence-corrected chi connectivity index (χ4v) is 1.90. The molecule has 4 heteroatoms. The lowest BCUT2D eigenvalue weighted by molar-refractivity contribution is -0.107. The number of carbonyl (C=O) groups excluding carboxylic acids is 1. The van der Waals surface area contributed by atoms with E-state index in [0.717, 1.165) is 27.2 Å². The van der Waals surface area contributed by atoms with Crippen LogP contribution in [0.25, 0.3) is 10.9 Å². The molecule has 0 aliphatic carbocycles. The first-order valence-electron chi connectivity index (χ1n) is 3.86. The van der Waals surface area contributed by atoms with E-state index in [-0.39, 0.29) is 0 Å². The van der Waals surface area contributed by atoms with Crippen LogP contribution in [0.5, 0.6) is 0 Å². The van der Waals surface area contributed by atoms with E-state index in [2.05, 4.69) is 26.1 Å². The second kappa shape index (κ2) is 3.30. The topological polar surface area (TPSA) is 45.8 Å². The third-order valence-electron chi connectivity index (χ3n) is 1.88. The Morgan fingerprint density at radius 1 is 1.54 bits per heavy atom. The van der Waals surface area contributed by atoms with Crippen LogP contribution >= 0.6 is 15.9 Å². The van der Waals surface area contributed by atoms with Crippen LogP contribution < -0.4 is 0 Å². The molecule has 0 atom stereocenters. The van der Waals surface area contributed by atoms with E-state index in [1.54, 1.807) is 6.20 Å². The summed E-state index contributed by atoms with van der Waals surface area (Å²) in [6, 6.07) is 3.88. The number of aromatic amines is 1. The maximum absolute atomic E-state index is 10.3. The van der Waals surface area contributed by atoms with E-state index in [0.29, 0.717) is 6.42 Å². The summed E-state index contributed by atoms with van der Waals surface area (Å²) in [6.07, 6.45) is 3.09. The zero-order valence-corrected chi connectivity index (χ0v) is 8.34. The van der Waals surface area contributed by atoms with Gasteiger partial charge in [0.25, 0.3) is 0 Å². The molecule has 2 aromatic rings. The van der Waals surface area contributed by atoms with Crippen LogP contribution in [-0.2, 0) is 11.2 Å². The number of benzene rings is 1. The van der Waals surface area contributed by atoms with Gasteiger partial charge >= 0.3 is 0 Å². The summed E-state index contributed by atoms with van der Waals surface area (Å²) in [4.78, 5) is 10.3. The summed E-state index contributed by atoms with van der Waals surface area (Å²) in [5.74, 6) is 0. The second-order valence-electron chi connectivity index (χ2n) is 2.78. The molecule has 13 heavy (non-hydrogen) atoms. The maximum atomic E-state index is 10.3. The quantitative estimate of drug-likeness (QED) is 0.815. The number of H-pyrrole nitrogens is 1. The van der Waals surface area contributed by atoms with E-state index in [9.17, 15) is 4.79 Å². The van der Waals surface area contributed by atoms with Crippen LogP contribution in [0, 0.1) is 0 Å². The molecule has 0 saturated heterocycles. The SMILES string of the molecule is O=CCc1cc(Br)c2[nH]ncc2c1. The number of aldehydes is 1. The van der Waals surface area contributed by atoms with Gasteiger partial charge in [-0.15, -0.1) is 0 Å². The Kier molecular flexibility index (Phi) is 2.14. The average Bonchev–Trinajstić information content (AvgIpc) is 2.53. The van der Waals surface area contributed by atoms with Crippen molar-refractivity contribution in [2.24, 2.45) is 0 Å². The lowest BCUT2D eigenvalue weighted by Gasteiger charge is -1.97. The van der Waals surface area contributed by atoms with Gasteiger partial charge in [0.15, 0.2) is 0 Å². The first-order valence-corrected chi connectivity index (χ1v) is 4.65. The highest BCUT2D eigenvalue weighted by Gasteiger charge is 2.02. The van der Waals surface area contributed by atoms with Crippen molar-refractivity contribution in [2.75, 3.05) is 0 Å². The first kappa shape index (κ1) is 8.44. The summed E-state index contributed by atoms with van der Waals surface area (Å²) in [5, 5.41) is 7.81. The van der Waals surface area contributed by atoms with E-state index < -0.39 is 0 Å². The normalized spacial score (nSPS) is 10.5. The summed E-state index contributed by atoms with van der Waals surface area (Å²) in [7, 11) is 0. The number of rotatable bonds is 2. The average molecular weight is 239 g/mol. The van der Waals surface area contributed by atoms with Gasteiger partial charge in [0.1, 0.15) is 6.29 Å². The van der Waals surface area contributed by atoms with E-state index in [1.807, 2.05) is 12.1 Å². The number of carbonyl (C=O) groups is 1. The standard InChI is InChI=1S/C9H7BrN2O/c10-8-4-6(1-2-13)3-7-5-11-12-9(7)8/h2-5H,1H2,(H,11,12). The van der Waals surface area contributed by atoms with Gasteiger partial charge in [-0.2, -0.15) is 5.10 Å². The fraction of sp³-hybridized carbons (Fsp3) is 0.111. The van der Waals surface area contributed by atoms with Crippen molar-refractivity contribution in [3.05, 3.63) is 28.4 Å². The Labute approximate surface area is 83.3 Å². The Morgan fingerprint density at radius 2 is 2.38 bits per heavy atom. The van der Waals surface area contributed by atoms with Crippen molar-refractivity contribution in [1.29, 1.82) is 0 Å². The highest BCUT2D eigenvalue weighted by Crippen LogP contribution is 2.23. The Bertz CT molecular complexity index is 450. The third-order valence-corrected chi connectivity index (χ3v) is 2.50. The van der Waals surface area contributed by atoms with Crippen LogP contribution in [-0.4, -0.2) is 16.5 Å². The highest BCUT2D eigenvalue weighted by molar-refractivity contribution is 9.10. The molecule has 3 nitrogen and oxygen atoms in total. The Hall–Kier alpha value is -1.16. The molecular weight excluding hydrogens is 232 g/mol. The summed E-state index contributed by atoms with van der Waals surface area (Å²) < 4.78 is 0.944. The molecule has 2 rings (SSSR count). The highest BCUT2D eigenvalue weighted by atomic mass is 79.9. The van der Waals surface area contributed by atoms with E-state index in [4.69, 9.17) is 0 Å². The van der Waals surface area contributed by atoms with Crippen LogP contribution in [0.4, 0.5) is 0 Å². The Morgan fingerprint density at radius 3 is 3.15 bits per heavy atom. The number of halogens is 1. The number of nitrogens with zero attached hydrogens (tertiary/aromatic N) is 1. The van der Waals surface area contributed by atoms with Crippen LogP contribution in [0.1, 0.15) is 5.56 Å². The first-order chi connectivity index (χ1) is 6.31. The molecule has 66 valence electrons. The zero-order chi connectivity index (χ0) is 9.26. The minimum atomic E-state index is 0.444. The van der Waals surface area contributed by atoms with Gasteiger partial charge in [-0.3, -0.25) is 5.10 Å². The number of hydrogen-bond acceptors (Lipinski definition) is 2. The molecule has 0 bridgehead atoms. The minimum absolute atomic E-state index is 0.444. The molecule has 0 aliphatic heterocycles. The molecule has 0 saturated carbocycles.